The van der Waals surface area contributed by atoms with E-state index in [0.29, 0.717) is 12.8 Å². The zero-order chi connectivity index (χ0) is 37.2. The van der Waals surface area contributed by atoms with E-state index in [1.54, 1.807) is 6.92 Å². The maximum absolute atomic E-state index is 14.1. The van der Waals surface area contributed by atoms with Crippen LogP contribution in [0.15, 0.2) is 91.0 Å². The molecule has 0 saturated heterocycles. The molecular formula is C40H52N2O9. The van der Waals surface area contributed by atoms with Crippen molar-refractivity contribution in [3.8, 4) is 0 Å². The lowest BCUT2D eigenvalue weighted by Crippen LogP contribution is -2.51. The van der Waals surface area contributed by atoms with Gasteiger partial charge in [-0.15, -0.1) is 0 Å². The third kappa shape index (κ3) is 12.8. The van der Waals surface area contributed by atoms with Crippen LogP contribution in [0.25, 0.3) is 0 Å². The van der Waals surface area contributed by atoms with Crippen molar-refractivity contribution in [2.24, 2.45) is 11.8 Å². The van der Waals surface area contributed by atoms with Gasteiger partial charge in [0, 0.05) is 32.9 Å². The average molecular weight is 705 g/mol. The van der Waals surface area contributed by atoms with Gasteiger partial charge in [0.2, 0.25) is 5.91 Å². The minimum absolute atomic E-state index is 0.0489. The van der Waals surface area contributed by atoms with E-state index in [4.69, 9.17) is 23.7 Å². The molecule has 0 radical (unpaired) electrons. The van der Waals surface area contributed by atoms with Crippen LogP contribution in [0.4, 0.5) is 4.79 Å². The molecule has 6 atom stereocenters. The summed E-state index contributed by atoms with van der Waals surface area (Å²) in [6, 6.07) is 26.0. The Morgan fingerprint density at radius 3 is 1.84 bits per heavy atom. The van der Waals surface area contributed by atoms with Gasteiger partial charge in [-0.3, -0.25) is 9.69 Å². The first-order valence-electron chi connectivity index (χ1n) is 17.3. The molecule has 0 fully saturated rings. The molecule has 0 unspecified atom stereocenters. The fourth-order valence-electron chi connectivity index (χ4n) is 5.85. The molecule has 0 aliphatic carbocycles. The first kappa shape index (κ1) is 40.7. The van der Waals surface area contributed by atoms with Crippen molar-refractivity contribution in [3.63, 3.8) is 0 Å². The van der Waals surface area contributed by atoms with Crippen molar-refractivity contribution in [1.82, 2.24) is 10.2 Å². The van der Waals surface area contributed by atoms with Crippen molar-refractivity contribution < 1.29 is 42.9 Å². The number of nitrogens with one attached hydrogen (secondary N) is 1. The number of likely N-dealkylation sites (N-methyl/N-ethyl adjacent to an activating group) is 1. The molecule has 2 amide bonds. The fourth-order valence-corrected chi connectivity index (χ4v) is 5.85. The van der Waals surface area contributed by atoms with Crippen LogP contribution in [0.1, 0.15) is 50.3 Å². The second-order valence-electron chi connectivity index (χ2n) is 12.6. The normalized spacial score (nSPS) is 14.5. The van der Waals surface area contributed by atoms with Crippen LogP contribution in [0.5, 0.6) is 0 Å². The van der Waals surface area contributed by atoms with E-state index in [-0.39, 0.29) is 26.2 Å². The molecule has 11 nitrogen and oxygen atoms in total. The molecule has 3 aromatic rings. The number of hydrogen-bond acceptors (Lipinski definition) is 9. The highest BCUT2D eigenvalue weighted by Crippen LogP contribution is 2.27. The predicted molar refractivity (Wildman–Crippen MR) is 192 cm³/mol. The number of benzene rings is 3. The summed E-state index contributed by atoms with van der Waals surface area (Å²) in [7, 11) is 4.27. The molecule has 51 heavy (non-hydrogen) atoms. The molecule has 0 spiro atoms. The molecule has 0 heterocycles. The van der Waals surface area contributed by atoms with E-state index in [1.807, 2.05) is 105 Å². The SMILES string of the molecule is CCC[C@H](OC(=O)[C@H](Cc1ccccc1)N(C)C(=O)OCc1ccccc1)[C@H](C)[C@H](OCOC)[C@@H](C)C(=O)N[C@@H](Cc1ccccc1)C(=O)OC. The molecule has 3 aromatic carbocycles. The van der Waals surface area contributed by atoms with Crippen LogP contribution in [0.3, 0.4) is 0 Å². The molecule has 276 valence electrons. The molecule has 0 aliphatic rings. The number of esters is 2. The first-order chi connectivity index (χ1) is 24.6. The average Bonchev–Trinajstić information content (AvgIpc) is 3.15. The highest BCUT2D eigenvalue weighted by atomic mass is 16.7. The molecular weight excluding hydrogens is 652 g/mol. The molecule has 0 saturated carbocycles. The monoisotopic (exact) mass is 704 g/mol. The lowest BCUT2D eigenvalue weighted by atomic mass is 9.86. The predicted octanol–water partition coefficient (Wildman–Crippen LogP) is 5.74. The van der Waals surface area contributed by atoms with E-state index in [2.05, 4.69) is 5.32 Å². The first-order valence-corrected chi connectivity index (χ1v) is 17.3. The largest absolute Gasteiger partial charge is 0.467 e. The molecule has 11 heteroatoms. The van der Waals surface area contributed by atoms with Gasteiger partial charge in [-0.1, -0.05) is 118 Å². The molecule has 0 aliphatic heterocycles. The van der Waals surface area contributed by atoms with Gasteiger partial charge in [0.25, 0.3) is 0 Å². The molecule has 0 aromatic heterocycles. The molecule has 3 rings (SSSR count). The van der Waals surface area contributed by atoms with Crippen molar-refractivity contribution in [2.45, 2.75) is 77.4 Å². The Balaban J connectivity index is 1.81. The number of hydrogen-bond donors (Lipinski definition) is 1. The molecule has 0 bridgehead atoms. The summed E-state index contributed by atoms with van der Waals surface area (Å²) < 4.78 is 28.0. The van der Waals surface area contributed by atoms with Crippen molar-refractivity contribution in [2.75, 3.05) is 28.1 Å². The fraction of sp³-hybridized carbons (Fsp3) is 0.450. The van der Waals surface area contributed by atoms with Crippen LogP contribution in [0, 0.1) is 11.8 Å². The maximum atomic E-state index is 14.1. The van der Waals surface area contributed by atoms with Gasteiger partial charge in [0.05, 0.1) is 19.1 Å². The summed E-state index contributed by atoms with van der Waals surface area (Å²) in [5, 5.41) is 2.84. The lowest BCUT2D eigenvalue weighted by molar-refractivity contribution is -0.169. The van der Waals surface area contributed by atoms with E-state index in [9.17, 15) is 19.2 Å². The second-order valence-corrected chi connectivity index (χ2v) is 12.6. The summed E-state index contributed by atoms with van der Waals surface area (Å²) in [6.07, 6.45) is -0.558. The van der Waals surface area contributed by atoms with Gasteiger partial charge < -0.3 is 29.0 Å². The number of rotatable bonds is 20. The van der Waals surface area contributed by atoms with Crippen molar-refractivity contribution in [3.05, 3.63) is 108 Å². The quantitative estimate of drug-likeness (QED) is 0.0890. The van der Waals surface area contributed by atoms with E-state index in [1.165, 1.54) is 26.2 Å². The number of carbonyl (C=O) groups excluding carboxylic acids is 4. The minimum atomic E-state index is -1.000. The van der Waals surface area contributed by atoms with Gasteiger partial charge in [0.15, 0.2) is 0 Å². The van der Waals surface area contributed by atoms with E-state index < -0.39 is 60.1 Å². The third-order valence-corrected chi connectivity index (χ3v) is 8.82. The Kier molecular flexibility index (Phi) is 17.1. The summed E-state index contributed by atoms with van der Waals surface area (Å²) in [4.78, 5) is 55.0. The Morgan fingerprint density at radius 2 is 1.31 bits per heavy atom. The van der Waals surface area contributed by atoms with Crippen LogP contribution < -0.4 is 5.32 Å². The highest BCUT2D eigenvalue weighted by Gasteiger charge is 2.39. The smallest absolute Gasteiger partial charge is 0.410 e. The third-order valence-electron chi connectivity index (χ3n) is 8.82. The number of methoxy groups -OCH3 is 2. The Bertz CT molecular complexity index is 1490. The van der Waals surface area contributed by atoms with Crippen LogP contribution in [-0.2, 0) is 57.5 Å². The summed E-state index contributed by atoms with van der Waals surface area (Å²) in [5.41, 5.74) is 2.51. The van der Waals surface area contributed by atoms with Crippen molar-refractivity contribution in [1.29, 1.82) is 0 Å². The lowest BCUT2D eigenvalue weighted by Gasteiger charge is -2.35. The highest BCUT2D eigenvalue weighted by molar-refractivity contribution is 5.86. The van der Waals surface area contributed by atoms with Gasteiger partial charge in [0.1, 0.15) is 31.6 Å². The van der Waals surface area contributed by atoms with Gasteiger partial charge in [-0.25, -0.2) is 14.4 Å². The minimum Gasteiger partial charge on any atom is -0.467 e. The van der Waals surface area contributed by atoms with Crippen LogP contribution >= 0.6 is 0 Å². The summed E-state index contributed by atoms with van der Waals surface area (Å²) in [6.45, 7) is 5.45. The van der Waals surface area contributed by atoms with Crippen molar-refractivity contribution >= 4 is 23.9 Å². The number of amides is 2. The number of ether oxygens (including phenoxy) is 5. The maximum Gasteiger partial charge on any atom is 0.410 e. The summed E-state index contributed by atoms with van der Waals surface area (Å²) in [5.74, 6) is -2.90. The Labute approximate surface area is 301 Å². The zero-order valence-electron chi connectivity index (χ0n) is 30.5. The zero-order valence-corrected chi connectivity index (χ0v) is 30.5. The van der Waals surface area contributed by atoms with E-state index in [0.717, 1.165) is 16.7 Å². The second kappa shape index (κ2) is 21.5. The topological polar surface area (TPSA) is 130 Å². The Morgan fingerprint density at radius 1 is 0.765 bits per heavy atom. The van der Waals surface area contributed by atoms with Crippen LogP contribution in [0.2, 0.25) is 0 Å². The summed E-state index contributed by atoms with van der Waals surface area (Å²) >= 11 is 0. The van der Waals surface area contributed by atoms with Gasteiger partial charge in [-0.2, -0.15) is 0 Å². The van der Waals surface area contributed by atoms with Crippen LogP contribution in [-0.4, -0.2) is 81.2 Å². The van der Waals surface area contributed by atoms with E-state index >= 15 is 0 Å². The Hall–Kier alpha value is -4.74. The number of carbonyl (C=O) groups is 4. The molecule has 1 N–H and O–H groups in total. The standard InChI is InChI=1S/C40H52N2O9/c1-7-17-35(28(2)36(50-27-47-5)29(3)37(43)41-33(38(44)48-6)24-30-18-11-8-12-19-30)51-39(45)34(25-31-20-13-9-14-21-31)42(4)40(46)49-26-32-22-15-10-16-23-32/h8-16,18-23,28-29,33-36H,7,17,24-27H2,1-6H3,(H,41,43)/t28-,29+,33-,34-,35-,36-/m0/s1. The van der Waals surface area contributed by atoms with Gasteiger partial charge >= 0.3 is 18.0 Å². The van der Waals surface area contributed by atoms with Gasteiger partial charge in [-0.05, 0) is 23.1 Å². The number of nitrogens with zero attached hydrogens (tertiary/aromatic N) is 1.